The van der Waals surface area contributed by atoms with Crippen LogP contribution in [-0.2, 0) is 10.2 Å². The van der Waals surface area contributed by atoms with E-state index in [1.54, 1.807) is 0 Å². The zero-order chi connectivity index (χ0) is 17.5. The Kier molecular flexibility index (Phi) is 7.23. The van der Waals surface area contributed by atoms with E-state index in [9.17, 15) is 9.59 Å². The van der Waals surface area contributed by atoms with Gasteiger partial charge in [-0.05, 0) is 36.5 Å². The number of nitrogens with one attached hydrogen (secondary N) is 2. The molecule has 5 heteroatoms. The van der Waals surface area contributed by atoms with Gasteiger partial charge in [0.1, 0.15) is 0 Å². The van der Waals surface area contributed by atoms with Gasteiger partial charge in [-0.2, -0.15) is 0 Å². The summed E-state index contributed by atoms with van der Waals surface area (Å²) < 4.78 is 0. The SMILES string of the molecule is CC(N)CCNC(=O)CCNC(=O)c1ccc(C(C)(C)C)cc1. The minimum atomic E-state index is -0.158. The number of carbonyl (C=O) groups is 2. The molecule has 1 unspecified atom stereocenters. The highest BCUT2D eigenvalue weighted by atomic mass is 16.2. The van der Waals surface area contributed by atoms with Crippen LogP contribution in [0.1, 0.15) is 56.5 Å². The number of hydrogen-bond acceptors (Lipinski definition) is 3. The van der Waals surface area contributed by atoms with Crippen LogP contribution >= 0.6 is 0 Å². The minimum Gasteiger partial charge on any atom is -0.356 e. The Morgan fingerprint density at radius 1 is 1.09 bits per heavy atom. The first-order valence-corrected chi connectivity index (χ1v) is 8.11. The first-order valence-electron chi connectivity index (χ1n) is 8.11. The largest absolute Gasteiger partial charge is 0.356 e. The van der Waals surface area contributed by atoms with Gasteiger partial charge in [0, 0.05) is 31.1 Å². The highest BCUT2D eigenvalue weighted by molar-refractivity contribution is 5.94. The van der Waals surface area contributed by atoms with Gasteiger partial charge < -0.3 is 16.4 Å². The standard InChI is InChI=1S/C18H29N3O2/c1-13(19)9-11-20-16(22)10-12-21-17(23)14-5-7-15(8-6-14)18(2,3)4/h5-8,13H,9-12,19H2,1-4H3,(H,20,22)(H,21,23). The molecule has 23 heavy (non-hydrogen) atoms. The first kappa shape index (κ1) is 19.2. The van der Waals surface area contributed by atoms with Gasteiger partial charge in [-0.3, -0.25) is 9.59 Å². The summed E-state index contributed by atoms with van der Waals surface area (Å²) in [5, 5.41) is 5.54. The molecule has 0 saturated heterocycles. The second-order valence-corrected chi connectivity index (χ2v) is 6.95. The molecule has 0 aliphatic carbocycles. The van der Waals surface area contributed by atoms with Gasteiger partial charge in [0.05, 0.1) is 0 Å². The molecule has 128 valence electrons. The molecule has 1 atom stereocenters. The topological polar surface area (TPSA) is 84.2 Å². The lowest BCUT2D eigenvalue weighted by Crippen LogP contribution is -2.32. The average Bonchev–Trinajstić information content (AvgIpc) is 2.46. The van der Waals surface area contributed by atoms with Gasteiger partial charge in [-0.15, -0.1) is 0 Å². The van der Waals surface area contributed by atoms with Gasteiger partial charge in [-0.1, -0.05) is 32.9 Å². The summed E-state index contributed by atoms with van der Waals surface area (Å²) in [5.41, 5.74) is 7.47. The fraction of sp³-hybridized carbons (Fsp3) is 0.556. The highest BCUT2D eigenvalue weighted by Gasteiger charge is 2.14. The smallest absolute Gasteiger partial charge is 0.251 e. The third-order valence-corrected chi connectivity index (χ3v) is 3.57. The molecule has 0 saturated carbocycles. The minimum absolute atomic E-state index is 0.0636. The van der Waals surface area contributed by atoms with E-state index >= 15 is 0 Å². The summed E-state index contributed by atoms with van der Waals surface area (Å²) in [4.78, 5) is 23.6. The Morgan fingerprint density at radius 2 is 1.70 bits per heavy atom. The maximum Gasteiger partial charge on any atom is 0.251 e. The van der Waals surface area contributed by atoms with Crippen LogP contribution in [0.5, 0.6) is 0 Å². The molecule has 2 amide bonds. The molecule has 0 radical (unpaired) electrons. The molecular weight excluding hydrogens is 290 g/mol. The molecule has 0 bridgehead atoms. The molecule has 5 nitrogen and oxygen atoms in total. The van der Waals surface area contributed by atoms with Gasteiger partial charge in [-0.25, -0.2) is 0 Å². The molecule has 0 spiro atoms. The monoisotopic (exact) mass is 319 g/mol. The predicted molar refractivity (Wildman–Crippen MR) is 93.4 cm³/mol. The van der Waals surface area contributed by atoms with Crippen molar-refractivity contribution >= 4 is 11.8 Å². The first-order chi connectivity index (χ1) is 10.7. The fourth-order valence-electron chi connectivity index (χ4n) is 2.04. The Morgan fingerprint density at radius 3 is 2.22 bits per heavy atom. The second-order valence-electron chi connectivity index (χ2n) is 6.95. The Bertz CT molecular complexity index is 516. The van der Waals surface area contributed by atoms with E-state index in [1.807, 2.05) is 31.2 Å². The van der Waals surface area contributed by atoms with Crippen molar-refractivity contribution in [1.29, 1.82) is 0 Å². The number of amides is 2. The van der Waals surface area contributed by atoms with Crippen molar-refractivity contribution in [3.63, 3.8) is 0 Å². The van der Waals surface area contributed by atoms with E-state index in [0.717, 1.165) is 6.42 Å². The van der Waals surface area contributed by atoms with Gasteiger partial charge in [0.2, 0.25) is 5.91 Å². The summed E-state index contributed by atoms with van der Waals surface area (Å²) in [5.74, 6) is -0.233. The normalized spacial score (nSPS) is 12.6. The summed E-state index contributed by atoms with van der Waals surface area (Å²) in [6, 6.07) is 7.65. The van der Waals surface area contributed by atoms with Crippen molar-refractivity contribution < 1.29 is 9.59 Å². The van der Waals surface area contributed by atoms with E-state index in [4.69, 9.17) is 5.73 Å². The van der Waals surface area contributed by atoms with Crippen molar-refractivity contribution in [3.05, 3.63) is 35.4 Å². The highest BCUT2D eigenvalue weighted by Crippen LogP contribution is 2.22. The van der Waals surface area contributed by atoms with E-state index < -0.39 is 0 Å². The number of benzene rings is 1. The summed E-state index contributed by atoms with van der Waals surface area (Å²) in [7, 11) is 0. The van der Waals surface area contributed by atoms with Crippen molar-refractivity contribution in [2.24, 2.45) is 5.73 Å². The number of rotatable bonds is 7. The lowest BCUT2D eigenvalue weighted by Gasteiger charge is -2.19. The third-order valence-electron chi connectivity index (χ3n) is 3.57. The van der Waals surface area contributed by atoms with Gasteiger partial charge >= 0.3 is 0 Å². The maximum absolute atomic E-state index is 12.0. The van der Waals surface area contributed by atoms with Crippen LogP contribution in [-0.4, -0.2) is 30.9 Å². The molecule has 4 N–H and O–H groups in total. The lowest BCUT2D eigenvalue weighted by atomic mass is 9.87. The molecule has 0 aliphatic heterocycles. The van der Waals surface area contributed by atoms with Gasteiger partial charge in [0.15, 0.2) is 0 Å². The van der Waals surface area contributed by atoms with Crippen molar-refractivity contribution in [1.82, 2.24) is 10.6 Å². The fourth-order valence-corrected chi connectivity index (χ4v) is 2.04. The van der Waals surface area contributed by atoms with Crippen LogP contribution < -0.4 is 16.4 Å². The molecule has 0 aliphatic rings. The van der Waals surface area contributed by atoms with Crippen LogP contribution in [0.4, 0.5) is 0 Å². The molecule has 0 aromatic heterocycles. The Hall–Kier alpha value is -1.88. The maximum atomic E-state index is 12.0. The molecule has 0 fully saturated rings. The van der Waals surface area contributed by atoms with Crippen molar-refractivity contribution in [2.45, 2.75) is 52.0 Å². The molecule has 0 heterocycles. The number of nitrogens with two attached hydrogens (primary N) is 1. The summed E-state index contributed by atoms with van der Waals surface area (Å²) in [6.07, 6.45) is 1.02. The van der Waals surface area contributed by atoms with Crippen LogP contribution in [0.3, 0.4) is 0 Å². The van der Waals surface area contributed by atoms with Crippen LogP contribution in [0.2, 0.25) is 0 Å². The number of hydrogen-bond donors (Lipinski definition) is 3. The predicted octanol–water partition coefficient (Wildman–Crippen LogP) is 1.96. The summed E-state index contributed by atoms with van der Waals surface area (Å²) in [6.45, 7) is 9.18. The van der Waals surface area contributed by atoms with Crippen molar-refractivity contribution in [2.75, 3.05) is 13.1 Å². The third kappa shape index (κ3) is 7.28. The van der Waals surface area contributed by atoms with E-state index in [1.165, 1.54) is 5.56 Å². The lowest BCUT2D eigenvalue weighted by molar-refractivity contribution is -0.120. The van der Waals surface area contributed by atoms with E-state index in [2.05, 4.69) is 31.4 Å². The van der Waals surface area contributed by atoms with Crippen LogP contribution in [0, 0.1) is 0 Å². The van der Waals surface area contributed by atoms with Crippen LogP contribution in [0.25, 0.3) is 0 Å². The van der Waals surface area contributed by atoms with Gasteiger partial charge in [0.25, 0.3) is 5.91 Å². The quantitative estimate of drug-likeness (QED) is 0.718. The molecule has 1 aromatic carbocycles. The molecular formula is C18H29N3O2. The van der Waals surface area contributed by atoms with E-state index in [-0.39, 0.29) is 29.7 Å². The van der Waals surface area contributed by atoms with E-state index in [0.29, 0.717) is 18.7 Å². The second kappa shape index (κ2) is 8.67. The molecule has 1 rings (SSSR count). The Labute approximate surface area is 139 Å². The zero-order valence-corrected chi connectivity index (χ0v) is 14.6. The average molecular weight is 319 g/mol. The zero-order valence-electron chi connectivity index (χ0n) is 14.6. The van der Waals surface area contributed by atoms with Crippen LogP contribution in [0.15, 0.2) is 24.3 Å². The summed E-state index contributed by atoms with van der Waals surface area (Å²) >= 11 is 0. The Balaban J connectivity index is 2.35. The number of carbonyl (C=O) groups excluding carboxylic acids is 2. The molecule has 1 aromatic rings. The van der Waals surface area contributed by atoms with Crippen molar-refractivity contribution in [3.8, 4) is 0 Å².